The van der Waals surface area contributed by atoms with Crippen molar-refractivity contribution in [3.63, 3.8) is 0 Å². The van der Waals surface area contributed by atoms with Crippen LogP contribution >= 0.6 is 0 Å². The van der Waals surface area contributed by atoms with Crippen molar-refractivity contribution in [1.29, 1.82) is 0 Å². The third-order valence-corrected chi connectivity index (χ3v) is 1.90. The Bertz CT molecular complexity index is 457. The largest absolute Gasteiger partial charge is 0.481 e. The molecule has 0 fully saturated rings. The van der Waals surface area contributed by atoms with Crippen LogP contribution in [0, 0.1) is 0 Å². The highest BCUT2D eigenvalue weighted by Crippen LogP contribution is 2.15. The first-order valence-corrected chi connectivity index (χ1v) is 6.71. The third-order valence-electron chi connectivity index (χ3n) is 1.90. The molecule has 0 aliphatic carbocycles. The van der Waals surface area contributed by atoms with E-state index in [-0.39, 0.29) is 6.61 Å². The summed E-state index contributed by atoms with van der Waals surface area (Å²) in [5.41, 5.74) is 2.32. The molecule has 0 aromatic heterocycles. The number of rotatable bonds is 6. The van der Waals surface area contributed by atoms with Gasteiger partial charge in [-0.1, -0.05) is 0 Å². The summed E-state index contributed by atoms with van der Waals surface area (Å²) in [5, 5.41) is 41.4. The van der Waals surface area contributed by atoms with Crippen molar-refractivity contribution in [2.75, 3.05) is 6.61 Å². The van der Waals surface area contributed by atoms with Gasteiger partial charge in [-0.05, 0) is 13.8 Å². The van der Waals surface area contributed by atoms with E-state index in [1.807, 2.05) is 0 Å². The van der Waals surface area contributed by atoms with E-state index in [4.69, 9.17) is 31.3 Å². The number of carbonyl (C=O) groups excluding carboxylic acids is 2. The predicted molar refractivity (Wildman–Crippen MR) is 80.3 cm³/mol. The van der Waals surface area contributed by atoms with Gasteiger partial charge in [0.15, 0.2) is 5.60 Å². The summed E-state index contributed by atoms with van der Waals surface area (Å²) < 4.78 is 4.11. The van der Waals surface area contributed by atoms with Gasteiger partial charge in [0.1, 0.15) is 6.04 Å². The Hall–Kier alpha value is -2.57. The molecule has 0 aromatic rings. The normalized spacial score (nSPS) is 10.8. The number of aliphatic hydroxyl groups is 2. The second-order valence-electron chi connectivity index (χ2n) is 4.50. The molecule has 0 aliphatic rings. The fourth-order valence-corrected chi connectivity index (χ4v) is 0.949. The van der Waals surface area contributed by atoms with Crippen LogP contribution in [0.3, 0.4) is 0 Å². The molecule has 0 heterocycles. The maximum atomic E-state index is 10.4. The molecular formula is C13H23NO11. The van der Waals surface area contributed by atoms with Crippen LogP contribution in [0.1, 0.15) is 33.6 Å². The van der Waals surface area contributed by atoms with E-state index in [2.05, 4.69) is 4.74 Å². The van der Waals surface area contributed by atoms with Gasteiger partial charge >= 0.3 is 29.8 Å². The first-order valence-electron chi connectivity index (χ1n) is 6.71. The lowest BCUT2D eigenvalue weighted by Crippen LogP contribution is -2.42. The van der Waals surface area contributed by atoms with Crippen molar-refractivity contribution in [1.82, 2.24) is 0 Å². The van der Waals surface area contributed by atoms with Gasteiger partial charge in [-0.3, -0.25) is 14.4 Å². The lowest BCUT2D eigenvalue weighted by atomic mass is 9.96. The van der Waals surface area contributed by atoms with Crippen molar-refractivity contribution in [2.24, 2.45) is 5.73 Å². The number of hydrogen-bond acceptors (Lipinski definition) is 9. The maximum absolute atomic E-state index is 10.4. The predicted octanol–water partition coefficient (Wildman–Crippen LogP) is -1.83. The van der Waals surface area contributed by atoms with Gasteiger partial charge in [-0.25, -0.2) is 9.59 Å². The van der Waals surface area contributed by atoms with Crippen LogP contribution in [0.25, 0.3) is 0 Å². The zero-order chi connectivity index (χ0) is 20.8. The smallest absolute Gasteiger partial charge is 0.336 e. The number of nitrogens with two attached hydrogens (primary N) is 1. The van der Waals surface area contributed by atoms with Gasteiger partial charge in [0.25, 0.3) is 0 Å². The van der Waals surface area contributed by atoms with Crippen LogP contribution in [0.4, 0.5) is 0 Å². The first kappa shape index (κ1) is 27.3. The van der Waals surface area contributed by atoms with Gasteiger partial charge in [0.2, 0.25) is 0 Å². The highest BCUT2D eigenvalue weighted by atomic mass is 16.6. The number of ether oxygens (including phenoxy) is 1. The first-order chi connectivity index (χ1) is 11.2. The molecule has 0 saturated carbocycles. The van der Waals surface area contributed by atoms with Crippen molar-refractivity contribution in [3.05, 3.63) is 0 Å². The molecule has 0 aliphatic heterocycles. The minimum absolute atomic E-state index is 0.250. The number of carboxylic acid groups (broad SMARTS) is 3. The fourth-order valence-electron chi connectivity index (χ4n) is 0.949. The summed E-state index contributed by atoms with van der Waals surface area (Å²) in [6.07, 6.45) is -2.29. The second kappa shape index (κ2) is 13.8. The third kappa shape index (κ3) is 17.6. The molecule has 0 spiro atoms. The molecule has 0 amide bonds. The minimum atomic E-state index is -2.74. The van der Waals surface area contributed by atoms with E-state index >= 15 is 0 Å². The van der Waals surface area contributed by atoms with E-state index in [0.717, 1.165) is 6.92 Å². The molecular weight excluding hydrogens is 346 g/mol. The fraction of sp³-hybridized carbons (Fsp3) is 0.615. The number of aliphatic carboxylic acids is 3. The van der Waals surface area contributed by atoms with Crippen LogP contribution in [0.2, 0.25) is 0 Å². The number of carboxylic acids is 3. The Morgan fingerprint density at radius 2 is 1.36 bits per heavy atom. The SMILES string of the molecule is CC(=O)OC(=O)[C@H](C)N.CCO.O=C(O)CC(O)(CC(=O)O)C(=O)O. The Balaban J connectivity index is -0.000000350. The zero-order valence-corrected chi connectivity index (χ0v) is 14.0. The summed E-state index contributed by atoms with van der Waals surface area (Å²) in [4.78, 5) is 50.9. The second-order valence-corrected chi connectivity index (χ2v) is 4.50. The lowest BCUT2D eigenvalue weighted by molar-refractivity contribution is -0.170. The lowest BCUT2D eigenvalue weighted by Gasteiger charge is -2.18. The Kier molecular flexibility index (Phi) is 15.1. The molecule has 0 radical (unpaired) electrons. The van der Waals surface area contributed by atoms with Gasteiger partial charge < -0.3 is 36.0 Å². The van der Waals surface area contributed by atoms with Crippen molar-refractivity contribution in [3.8, 4) is 0 Å². The summed E-state index contributed by atoms with van der Waals surface area (Å²) in [5.74, 6) is -6.34. The molecule has 0 aromatic carbocycles. The average molecular weight is 369 g/mol. The quantitative estimate of drug-likeness (QED) is 0.225. The molecule has 0 rings (SSSR count). The van der Waals surface area contributed by atoms with Crippen LogP contribution in [0.5, 0.6) is 0 Å². The monoisotopic (exact) mass is 369 g/mol. The highest BCUT2D eigenvalue weighted by Gasteiger charge is 2.40. The standard InChI is InChI=1S/C6H8O7.C5H9NO3.C2H6O/c7-3(8)1-6(13,5(11)12)2-4(9)10;1-3(6)5(8)9-4(2)7;1-2-3/h13H,1-2H2,(H,7,8)(H,9,10)(H,11,12);3H,6H2,1-2H3;3H,2H2,1H3/t;3-;/m.0./s1. The molecule has 1 atom stereocenters. The van der Waals surface area contributed by atoms with E-state index in [1.165, 1.54) is 6.92 Å². The van der Waals surface area contributed by atoms with Gasteiger partial charge in [-0.2, -0.15) is 0 Å². The van der Waals surface area contributed by atoms with E-state index in [0.29, 0.717) is 0 Å². The topological polar surface area (TPSA) is 222 Å². The summed E-state index contributed by atoms with van der Waals surface area (Å²) in [7, 11) is 0. The molecule has 25 heavy (non-hydrogen) atoms. The number of aliphatic hydroxyl groups excluding tert-OH is 1. The number of hydrogen-bond donors (Lipinski definition) is 6. The number of carbonyl (C=O) groups is 5. The number of esters is 2. The molecule has 12 heteroatoms. The maximum Gasteiger partial charge on any atom is 0.336 e. The van der Waals surface area contributed by atoms with Crippen LogP contribution in [0.15, 0.2) is 0 Å². The summed E-state index contributed by atoms with van der Waals surface area (Å²) in [6, 6.07) is -0.728. The molecule has 0 bridgehead atoms. The molecule has 0 unspecified atom stereocenters. The van der Waals surface area contributed by atoms with E-state index in [9.17, 15) is 24.0 Å². The van der Waals surface area contributed by atoms with Crippen LogP contribution in [-0.2, 0) is 28.7 Å². The molecule has 12 nitrogen and oxygen atoms in total. The van der Waals surface area contributed by atoms with Gasteiger partial charge in [0.05, 0.1) is 12.8 Å². The Morgan fingerprint density at radius 3 is 1.48 bits per heavy atom. The van der Waals surface area contributed by atoms with Crippen molar-refractivity contribution in [2.45, 2.75) is 45.3 Å². The Labute approximate surface area is 142 Å². The van der Waals surface area contributed by atoms with Crippen LogP contribution in [-0.4, -0.2) is 73.6 Å². The van der Waals surface area contributed by atoms with E-state index in [1.54, 1.807) is 6.92 Å². The highest BCUT2D eigenvalue weighted by molar-refractivity contribution is 5.88. The summed E-state index contributed by atoms with van der Waals surface area (Å²) in [6.45, 7) is 4.53. The minimum Gasteiger partial charge on any atom is -0.481 e. The molecule has 7 N–H and O–H groups in total. The molecule has 146 valence electrons. The van der Waals surface area contributed by atoms with Crippen molar-refractivity contribution < 1.29 is 54.2 Å². The molecule has 0 saturated heterocycles. The Morgan fingerprint density at radius 1 is 1.04 bits per heavy atom. The van der Waals surface area contributed by atoms with Crippen LogP contribution < -0.4 is 5.73 Å². The van der Waals surface area contributed by atoms with Gasteiger partial charge in [0, 0.05) is 13.5 Å². The van der Waals surface area contributed by atoms with E-state index < -0.39 is 54.3 Å². The zero-order valence-electron chi connectivity index (χ0n) is 14.0. The average Bonchev–Trinajstić information content (AvgIpc) is 2.37. The summed E-state index contributed by atoms with van der Waals surface area (Å²) >= 11 is 0. The van der Waals surface area contributed by atoms with Crippen molar-refractivity contribution >= 4 is 29.8 Å². The van der Waals surface area contributed by atoms with Gasteiger partial charge in [-0.15, -0.1) is 0 Å².